The molecule has 0 heterocycles. The SMILES string of the molecule is CCN=C(N)S.O=P(=O)O. The standard InChI is InChI=1S/C3H8N2S.HO3P/c1-2-5-3(4)6;1-4(2)3/h2H2,1H3,(H3,4,5,6);(H,1,2,3). The molecule has 0 aliphatic carbocycles. The van der Waals surface area contributed by atoms with Gasteiger partial charge in [-0.3, -0.25) is 9.89 Å². The van der Waals surface area contributed by atoms with Gasteiger partial charge in [0.1, 0.15) is 0 Å². The van der Waals surface area contributed by atoms with Gasteiger partial charge in [0, 0.05) is 6.54 Å². The summed E-state index contributed by atoms with van der Waals surface area (Å²) in [6, 6.07) is 0. The van der Waals surface area contributed by atoms with Crippen molar-refractivity contribution >= 4 is 25.7 Å². The first-order valence-electron chi connectivity index (χ1n) is 2.32. The zero-order valence-corrected chi connectivity index (χ0v) is 7.18. The van der Waals surface area contributed by atoms with Crippen LogP contribution < -0.4 is 5.73 Å². The quantitative estimate of drug-likeness (QED) is 0.237. The van der Waals surface area contributed by atoms with Crippen molar-refractivity contribution in [3.8, 4) is 0 Å². The molecule has 0 bridgehead atoms. The van der Waals surface area contributed by atoms with Crippen LogP contribution in [0.25, 0.3) is 0 Å². The van der Waals surface area contributed by atoms with Crippen molar-refractivity contribution in [2.45, 2.75) is 6.92 Å². The lowest BCUT2D eigenvalue weighted by atomic mass is 10.8. The minimum Gasteiger partial charge on any atom is -0.379 e. The highest BCUT2D eigenvalue weighted by atomic mass is 32.1. The van der Waals surface area contributed by atoms with Gasteiger partial charge >= 0.3 is 7.91 Å². The zero-order chi connectivity index (χ0) is 8.57. The summed E-state index contributed by atoms with van der Waals surface area (Å²) in [4.78, 5) is 10.7. The third kappa shape index (κ3) is 47.7. The molecule has 3 N–H and O–H groups in total. The largest absolute Gasteiger partial charge is 0.465 e. The van der Waals surface area contributed by atoms with E-state index in [1.54, 1.807) is 0 Å². The Morgan fingerprint density at radius 3 is 2.10 bits per heavy atom. The van der Waals surface area contributed by atoms with Crippen molar-refractivity contribution in [3.05, 3.63) is 0 Å². The molecule has 0 amide bonds. The number of nitrogens with zero attached hydrogens (tertiary/aromatic N) is 1. The molecule has 0 atom stereocenters. The Hall–Kier alpha value is -0.320. The normalized spacial score (nSPS) is 9.70. The summed E-state index contributed by atoms with van der Waals surface area (Å²) < 4.78 is 17.2. The van der Waals surface area contributed by atoms with Gasteiger partial charge in [-0.15, -0.1) is 12.6 Å². The Balaban J connectivity index is 0. The number of thiol groups is 1. The number of hydrogen-bond acceptors (Lipinski definition) is 3. The number of amidine groups is 1. The summed E-state index contributed by atoms with van der Waals surface area (Å²) in [5.41, 5.74) is 5.02. The minimum absolute atomic E-state index is 0.359. The third-order valence-electron chi connectivity index (χ3n) is 0.320. The molecule has 0 rings (SSSR count). The van der Waals surface area contributed by atoms with Gasteiger partial charge < -0.3 is 5.73 Å². The fourth-order valence-corrected chi connectivity index (χ4v) is 0.303. The fraction of sp³-hybridized carbons (Fsp3) is 0.667. The monoisotopic (exact) mass is 184 g/mol. The van der Waals surface area contributed by atoms with Crippen LogP contribution in [0.1, 0.15) is 6.92 Å². The first-order chi connectivity index (χ1) is 4.50. The van der Waals surface area contributed by atoms with E-state index < -0.39 is 7.91 Å². The van der Waals surface area contributed by atoms with Gasteiger partial charge in [0.25, 0.3) is 0 Å². The number of hydrogen-bond donors (Lipinski definition) is 3. The predicted octanol–water partition coefficient (Wildman–Crippen LogP) is 0.317. The van der Waals surface area contributed by atoms with Crippen molar-refractivity contribution in [2.75, 3.05) is 6.54 Å². The molecule has 0 unspecified atom stereocenters. The highest BCUT2D eigenvalue weighted by molar-refractivity contribution is 7.96. The Labute approximate surface area is 64.7 Å². The maximum Gasteiger partial charge on any atom is 0.465 e. The van der Waals surface area contributed by atoms with Gasteiger partial charge in [-0.25, -0.2) is 9.13 Å². The summed E-state index contributed by atoms with van der Waals surface area (Å²) in [6.07, 6.45) is 0. The number of nitrogens with two attached hydrogens (primary N) is 1. The molecule has 0 spiro atoms. The highest BCUT2D eigenvalue weighted by Crippen LogP contribution is 1.84. The molecule has 0 aliphatic heterocycles. The van der Waals surface area contributed by atoms with Crippen LogP contribution in [0.5, 0.6) is 0 Å². The summed E-state index contributed by atoms with van der Waals surface area (Å²) in [5, 5.41) is 0.359. The maximum absolute atomic E-state index is 8.59. The number of aliphatic imine (C=N–C) groups is 1. The molecule has 10 heavy (non-hydrogen) atoms. The summed E-state index contributed by atoms with van der Waals surface area (Å²) in [5.74, 6) is 0. The molecular formula is C3H9N2O3PS. The van der Waals surface area contributed by atoms with Crippen LogP contribution in [0, 0.1) is 0 Å². The molecule has 0 fully saturated rings. The average Bonchev–Trinajstić information content (AvgIpc) is 1.62. The van der Waals surface area contributed by atoms with E-state index in [2.05, 4.69) is 17.6 Å². The van der Waals surface area contributed by atoms with Gasteiger partial charge in [-0.05, 0) is 6.92 Å². The maximum atomic E-state index is 8.59. The van der Waals surface area contributed by atoms with E-state index in [9.17, 15) is 0 Å². The van der Waals surface area contributed by atoms with Gasteiger partial charge in [-0.2, -0.15) is 0 Å². The topological polar surface area (TPSA) is 92.8 Å². The van der Waals surface area contributed by atoms with Crippen LogP contribution in [0.2, 0.25) is 0 Å². The average molecular weight is 184 g/mol. The minimum atomic E-state index is -3.12. The molecular weight excluding hydrogens is 175 g/mol. The second-order valence-electron chi connectivity index (χ2n) is 1.07. The lowest BCUT2D eigenvalue weighted by Crippen LogP contribution is -2.01. The zero-order valence-electron chi connectivity index (χ0n) is 5.39. The summed E-state index contributed by atoms with van der Waals surface area (Å²) >= 11 is 3.71. The molecule has 5 nitrogen and oxygen atoms in total. The molecule has 60 valence electrons. The molecule has 0 radical (unpaired) electrons. The van der Waals surface area contributed by atoms with Crippen LogP contribution in [-0.2, 0) is 9.13 Å². The van der Waals surface area contributed by atoms with E-state index in [-0.39, 0.29) is 0 Å². The van der Waals surface area contributed by atoms with E-state index in [1.807, 2.05) is 6.92 Å². The second kappa shape index (κ2) is 8.68. The predicted molar refractivity (Wildman–Crippen MR) is 41.7 cm³/mol. The highest BCUT2D eigenvalue weighted by Gasteiger charge is 1.69. The van der Waals surface area contributed by atoms with Crippen molar-refractivity contribution in [1.29, 1.82) is 0 Å². The molecule has 0 aromatic carbocycles. The Kier molecular flexibility index (Phi) is 10.7. The fourth-order valence-electron chi connectivity index (χ4n) is 0.162. The van der Waals surface area contributed by atoms with E-state index in [4.69, 9.17) is 19.8 Å². The Morgan fingerprint density at radius 1 is 1.80 bits per heavy atom. The van der Waals surface area contributed by atoms with E-state index in [0.29, 0.717) is 5.17 Å². The summed E-state index contributed by atoms with van der Waals surface area (Å²) in [7, 11) is -3.12. The first kappa shape index (κ1) is 12.4. The molecule has 0 aromatic heterocycles. The molecule has 7 heteroatoms. The molecule has 0 aromatic rings. The van der Waals surface area contributed by atoms with Crippen LogP contribution in [0.15, 0.2) is 4.99 Å². The second-order valence-corrected chi connectivity index (χ2v) is 2.00. The van der Waals surface area contributed by atoms with Crippen LogP contribution in [0.3, 0.4) is 0 Å². The molecule has 0 saturated carbocycles. The van der Waals surface area contributed by atoms with Gasteiger partial charge in [-0.1, -0.05) is 0 Å². The summed E-state index contributed by atoms with van der Waals surface area (Å²) in [6.45, 7) is 2.62. The Morgan fingerprint density at radius 2 is 2.10 bits per heavy atom. The molecule has 0 saturated heterocycles. The van der Waals surface area contributed by atoms with Gasteiger partial charge in [0.05, 0.1) is 0 Å². The van der Waals surface area contributed by atoms with E-state index in [0.717, 1.165) is 6.54 Å². The van der Waals surface area contributed by atoms with Crippen molar-refractivity contribution in [2.24, 2.45) is 10.7 Å². The van der Waals surface area contributed by atoms with Gasteiger partial charge in [0.15, 0.2) is 5.17 Å². The van der Waals surface area contributed by atoms with E-state index >= 15 is 0 Å². The number of rotatable bonds is 1. The first-order valence-corrected chi connectivity index (χ1v) is 3.90. The third-order valence-corrected chi connectivity index (χ3v) is 0.462. The van der Waals surface area contributed by atoms with Crippen molar-refractivity contribution in [1.82, 2.24) is 0 Å². The Bertz CT molecular complexity index is 155. The van der Waals surface area contributed by atoms with E-state index in [1.165, 1.54) is 0 Å². The van der Waals surface area contributed by atoms with Crippen LogP contribution >= 0.6 is 20.5 Å². The lowest BCUT2D eigenvalue weighted by Gasteiger charge is -1.80. The lowest BCUT2D eigenvalue weighted by molar-refractivity contribution is 0.434. The van der Waals surface area contributed by atoms with Crippen molar-refractivity contribution in [3.63, 3.8) is 0 Å². The van der Waals surface area contributed by atoms with Crippen LogP contribution in [0.4, 0.5) is 0 Å². The van der Waals surface area contributed by atoms with Gasteiger partial charge in [0.2, 0.25) is 0 Å². The molecule has 0 aliphatic rings. The van der Waals surface area contributed by atoms with Crippen LogP contribution in [-0.4, -0.2) is 16.6 Å². The smallest absolute Gasteiger partial charge is 0.379 e. The van der Waals surface area contributed by atoms with Crippen molar-refractivity contribution < 1.29 is 14.0 Å².